The number of methoxy groups -OCH3 is 3. The summed E-state index contributed by atoms with van der Waals surface area (Å²) in [5, 5.41) is 10.6. The minimum atomic E-state index is -0.751. The maximum absolute atomic E-state index is 13.9. The molecular weight excluding hydrogens is 498 g/mol. The van der Waals surface area contributed by atoms with Crippen LogP contribution in [0.25, 0.3) is 0 Å². The number of esters is 1. The molecule has 206 valence electrons. The highest BCUT2D eigenvalue weighted by molar-refractivity contribution is 6.09. The fourth-order valence-corrected chi connectivity index (χ4v) is 6.21. The molecule has 5 rings (SSSR count). The third-order valence-electron chi connectivity index (χ3n) is 8.17. The number of allylic oxidation sites excluding steroid dienone is 2. The van der Waals surface area contributed by atoms with Crippen molar-refractivity contribution in [3.8, 4) is 23.0 Å². The van der Waals surface area contributed by atoms with Crippen LogP contribution in [-0.4, -0.2) is 50.0 Å². The first kappa shape index (κ1) is 26.8. The van der Waals surface area contributed by atoms with E-state index in [2.05, 4.69) is 0 Å². The van der Waals surface area contributed by atoms with Crippen molar-refractivity contribution in [3.05, 3.63) is 58.8 Å². The molecule has 0 aromatic heterocycles. The second-order valence-corrected chi connectivity index (χ2v) is 10.5. The van der Waals surface area contributed by atoms with E-state index in [1.165, 1.54) is 7.11 Å². The third kappa shape index (κ3) is 5.12. The summed E-state index contributed by atoms with van der Waals surface area (Å²) in [7, 11) is 4.65. The number of hydrogen-bond acceptors (Lipinski definition) is 8. The minimum Gasteiger partial charge on any atom is -0.504 e. The number of carbonyl (C=O) groups excluding carboxylic acids is 2. The second-order valence-electron chi connectivity index (χ2n) is 10.5. The molecule has 0 bridgehead atoms. The van der Waals surface area contributed by atoms with Crippen LogP contribution in [-0.2, 0) is 14.3 Å². The van der Waals surface area contributed by atoms with Gasteiger partial charge < -0.3 is 24.1 Å². The number of rotatable bonds is 7. The van der Waals surface area contributed by atoms with Gasteiger partial charge in [-0.15, -0.1) is 0 Å². The quantitative estimate of drug-likeness (QED) is 0.470. The van der Waals surface area contributed by atoms with E-state index in [0.29, 0.717) is 46.2 Å². The monoisotopic (exact) mass is 533 g/mol. The summed E-state index contributed by atoms with van der Waals surface area (Å²) in [6.45, 7) is 1.82. The van der Waals surface area contributed by atoms with Crippen molar-refractivity contribution >= 4 is 17.5 Å². The van der Waals surface area contributed by atoms with E-state index in [9.17, 15) is 14.7 Å². The zero-order chi connectivity index (χ0) is 27.7. The largest absolute Gasteiger partial charge is 0.504 e. The van der Waals surface area contributed by atoms with E-state index in [4.69, 9.17) is 23.9 Å². The Kier molecular flexibility index (Phi) is 7.64. The number of Topliss-reactive ketones (excluding diaryl/α,β-unsaturated/α-hetero) is 1. The SMILES string of the molecule is COc1ccc([C@@H]2C3=C(C[C@@H](c4ccc(OC)c(OC)c4)CC3=O)N=C(C)C2C(=O)OC2CCCC2)cc1O. The number of phenols is 1. The predicted molar refractivity (Wildman–Crippen MR) is 146 cm³/mol. The first-order chi connectivity index (χ1) is 18.8. The Balaban J connectivity index is 1.55. The summed E-state index contributed by atoms with van der Waals surface area (Å²) in [6, 6.07) is 10.7. The van der Waals surface area contributed by atoms with Crippen molar-refractivity contribution in [1.29, 1.82) is 0 Å². The van der Waals surface area contributed by atoms with Gasteiger partial charge >= 0.3 is 5.97 Å². The van der Waals surface area contributed by atoms with Gasteiger partial charge in [-0.1, -0.05) is 12.1 Å². The van der Waals surface area contributed by atoms with Gasteiger partial charge in [0.15, 0.2) is 28.8 Å². The maximum Gasteiger partial charge on any atom is 0.315 e. The molecule has 0 spiro atoms. The fourth-order valence-electron chi connectivity index (χ4n) is 6.21. The molecule has 1 aliphatic heterocycles. The van der Waals surface area contributed by atoms with Crippen LogP contribution < -0.4 is 14.2 Å². The van der Waals surface area contributed by atoms with Crippen LogP contribution in [0.4, 0.5) is 0 Å². The van der Waals surface area contributed by atoms with Gasteiger partial charge in [0.05, 0.1) is 21.3 Å². The highest BCUT2D eigenvalue weighted by atomic mass is 16.5. The van der Waals surface area contributed by atoms with E-state index in [1.807, 2.05) is 25.1 Å². The van der Waals surface area contributed by atoms with Crippen LogP contribution in [0.1, 0.15) is 68.4 Å². The smallest absolute Gasteiger partial charge is 0.315 e. The normalized spacial score (nSPS) is 23.2. The molecule has 1 heterocycles. The van der Waals surface area contributed by atoms with Crippen molar-refractivity contribution in [2.75, 3.05) is 21.3 Å². The van der Waals surface area contributed by atoms with E-state index >= 15 is 0 Å². The van der Waals surface area contributed by atoms with Crippen LogP contribution in [0.5, 0.6) is 23.0 Å². The molecule has 39 heavy (non-hydrogen) atoms. The molecule has 0 radical (unpaired) electrons. The van der Waals surface area contributed by atoms with E-state index < -0.39 is 11.8 Å². The Morgan fingerprint density at radius 3 is 2.23 bits per heavy atom. The molecule has 1 saturated carbocycles. The lowest BCUT2D eigenvalue weighted by Crippen LogP contribution is -2.39. The molecule has 3 atom stereocenters. The van der Waals surface area contributed by atoms with Gasteiger partial charge in [-0.2, -0.15) is 0 Å². The molecule has 0 saturated heterocycles. The molecule has 2 aromatic rings. The highest BCUT2D eigenvalue weighted by Gasteiger charge is 2.45. The van der Waals surface area contributed by atoms with Gasteiger partial charge in [-0.3, -0.25) is 14.6 Å². The molecule has 3 aliphatic rings. The fraction of sp³-hybridized carbons (Fsp3) is 0.452. The van der Waals surface area contributed by atoms with Crippen molar-refractivity contribution in [2.24, 2.45) is 10.9 Å². The van der Waals surface area contributed by atoms with Crippen LogP contribution in [0.15, 0.2) is 52.7 Å². The summed E-state index contributed by atoms with van der Waals surface area (Å²) >= 11 is 0. The lowest BCUT2D eigenvalue weighted by atomic mass is 9.69. The summed E-state index contributed by atoms with van der Waals surface area (Å²) in [5.41, 5.74) is 3.42. The first-order valence-electron chi connectivity index (χ1n) is 13.4. The number of aliphatic imine (C=N–C) groups is 1. The molecule has 1 fully saturated rings. The predicted octanol–water partition coefficient (Wildman–Crippen LogP) is 5.48. The van der Waals surface area contributed by atoms with Crippen molar-refractivity contribution in [3.63, 3.8) is 0 Å². The van der Waals surface area contributed by atoms with Gasteiger partial charge in [-0.25, -0.2) is 0 Å². The molecule has 2 aliphatic carbocycles. The number of ether oxygens (including phenoxy) is 4. The Morgan fingerprint density at radius 1 is 0.897 bits per heavy atom. The Labute approximate surface area is 228 Å². The van der Waals surface area contributed by atoms with Crippen molar-refractivity contribution in [1.82, 2.24) is 0 Å². The Bertz CT molecular complexity index is 1340. The van der Waals surface area contributed by atoms with E-state index in [1.54, 1.807) is 32.4 Å². The number of aromatic hydroxyl groups is 1. The topological polar surface area (TPSA) is 104 Å². The lowest BCUT2D eigenvalue weighted by molar-refractivity contribution is -0.151. The van der Waals surface area contributed by atoms with Crippen molar-refractivity contribution < 1.29 is 33.6 Å². The Hall–Kier alpha value is -3.81. The third-order valence-corrected chi connectivity index (χ3v) is 8.17. The zero-order valence-electron chi connectivity index (χ0n) is 22.9. The highest BCUT2D eigenvalue weighted by Crippen LogP contribution is 2.48. The molecule has 0 amide bonds. The van der Waals surface area contributed by atoms with Crippen molar-refractivity contribution in [2.45, 2.75) is 63.4 Å². The van der Waals surface area contributed by atoms with Gasteiger partial charge in [0.2, 0.25) is 0 Å². The standard InChI is InChI=1S/C31H35NO7/c1-17-28(31(35)39-21-7-5-6-8-21)29(19-10-11-25(36-2)23(33)14-19)30-22(32-17)13-20(15-24(30)34)18-9-12-26(37-3)27(16-18)38-4/h9-12,14,16,20-21,28-29,33H,5-8,13,15H2,1-4H3/t20-,28?,29+/m1/s1. The van der Waals surface area contributed by atoms with Gasteiger partial charge in [0, 0.05) is 29.3 Å². The van der Waals surface area contributed by atoms with Crippen LogP contribution in [0.2, 0.25) is 0 Å². The zero-order valence-corrected chi connectivity index (χ0v) is 22.9. The van der Waals surface area contributed by atoms with E-state index in [0.717, 1.165) is 31.2 Å². The molecule has 8 nitrogen and oxygen atoms in total. The number of benzene rings is 2. The summed E-state index contributed by atoms with van der Waals surface area (Å²) in [6.07, 6.45) is 4.48. The summed E-state index contributed by atoms with van der Waals surface area (Å²) < 4.78 is 22.0. The average molecular weight is 534 g/mol. The van der Waals surface area contributed by atoms with Crippen LogP contribution in [0.3, 0.4) is 0 Å². The summed E-state index contributed by atoms with van der Waals surface area (Å²) in [4.78, 5) is 32.3. The van der Waals surface area contributed by atoms with Gasteiger partial charge in [-0.05, 0) is 80.3 Å². The van der Waals surface area contributed by atoms with Gasteiger partial charge in [0.1, 0.15) is 12.0 Å². The molecular formula is C31H35NO7. The van der Waals surface area contributed by atoms with Crippen LogP contribution >= 0.6 is 0 Å². The van der Waals surface area contributed by atoms with Gasteiger partial charge in [0.25, 0.3) is 0 Å². The maximum atomic E-state index is 13.9. The number of hydrogen-bond donors (Lipinski definition) is 1. The number of phenolic OH excluding ortho intramolecular Hbond substituents is 1. The molecule has 2 aromatic carbocycles. The molecule has 1 N–H and O–H groups in total. The average Bonchev–Trinajstić information content (AvgIpc) is 3.44. The minimum absolute atomic E-state index is 0.0494. The summed E-state index contributed by atoms with van der Waals surface area (Å²) in [5.74, 6) is -0.393. The van der Waals surface area contributed by atoms with E-state index in [-0.39, 0.29) is 35.9 Å². The lowest BCUT2D eigenvalue weighted by Gasteiger charge is -2.37. The van der Waals surface area contributed by atoms with Crippen LogP contribution in [0, 0.1) is 5.92 Å². The molecule has 1 unspecified atom stereocenters. The number of nitrogens with zero attached hydrogens (tertiary/aromatic N) is 1. The Morgan fingerprint density at radius 2 is 1.56 bits per heavy atom. The molecule has 8 heteroatoms. The number of carbonyl (C=O) groups is 2. The second kappa shape index (κ2) is 11.1. The number of ketones is 1. The first-order valence-corrected chi connectivity index (χ1v) is 13.4.